The zero-order valence-corrected chi connectivity index (χ0v) is 12.1. The maximum Gasteiger partial charge on any atom is 0.161 e. The quantitative estimate of drug-likeness (QED) is 0.767. The third kappa shape index (κ3) is 2.61. The molecule has 1 aromatic heterocycles. The van der Waals surface area contributed by atoms with Gasteiger partial charge in [0.1, 0.15) is 5.82 Å². The van der Waals surface area contributed by atoms with Crippen LogP contribution in [0.1, 0.15) is 35.0 Å². The van der Waals surface area contributed by atoms with Gasteiger partial charge in [0.15, 0.2) is 5.78 Å². The predicted octanol–water partition coefficient (Wildman–Crippen LogP) is 4.26. The number of carbonyl (C=O) groups excluding carboxylic acids is 1. The van der Waals surface area contributed by atoms with E-state index >= 15 is 0 Å². The first-order valence-electron chi connectivity index (χ1n) is 6.75. The minimum Gasteiger partial charge on any atom is -0.360 e. The maximum atomic E-state index is 14.3. The number of halogens is 1. The first-order chi connectivity index (χ1) is 9.66. The van der Waals surface area contributed by atoms with Crippen molar-refractivity contribution in [1.29, 1.82) is 0 Å². The van der Waals surface area contributed by atoms with Crippen LogP contribution in [0, 0.1) is 5.82 Å². The fourth-order valence-electron chi connectivity index (χ4n) is 2.44. The summed E-state index contributed by atoms with van der Waals surface area (Å²) in [4.78, 5) is 15.0. The topological polar surface area (TPSA) is 20.3 Å². The van der Waals surface area contributed by atoms with Crippen molar-refractivity contribution in [1.82, 2.24) is 0 Å². The van der Waals surface area contributed by atoms with Gasteiger partial charge < -0.3 is 4.90 Å². The van der Waals surface area contributed by atoms with Gasteiger partial charge in [0.2, 0.25) is 0 Å². The van der Waals surface area contributed by atoms with Crippen molar-refractivity contribution in [3.8, 4) is 0 Å². The van der Waals surface area contributed by atoms with Crippen LogP contribution < -0.4 is 4.90 Å². The summed E-state index contributed by atoms with van der Waals surface area (Å²) in [6, 6.07) is 9.15. The Kier molecular flexibility index (Phi) is 3.57. The molecule has 0 bridgehead atoms. The van der Waals surface area contributed by atoms with Crippen molar-refractivity contribution in [2.45, 2.75) is 32.4 Å². The number of ketones is 1. The van der Waals surface area contributed by atoms with E-state index < -0.39 is 0 Å². The van der Waals surface area contributed by atoms with Crippen LogP contribution >= 0.6 is 11.3 Å². The van der Waals surface area contributed by atoms with Crippen molar-refractivity contribution >= 4 is 22.8 Å². The molecule has 20 heavy (non-hydrogen) atoms. The monoisotopic (exact) mass is 289 g/mol. The maximum absolute atomic E-state index is 14.3. The summed E-state index contributed by atoms with van der Waals surface area (Å²) in [5, 5.41) is 2.02. The van der Waals surface area contributed by atoms with Crippen molar-refractivity contribution in [2.24, 2.45) is 0 Å². The van der Waals surface area contributed by atoms with Gasteiger partial charge in [-0.05, 0) is 43.3 Å². The lowest BCUT2D eigenvalue weighted by Gasteiger charge is -2.26. The molecular formula is C16H16FNOS. The molecule has 3 rings (SSSR count). The second-order valence-electron chi connectivity index (χ2n) is 5.13. The Labute approximate surface area is 121 Å². The number of para-hydroxylation sites is 1. The molecule has 0 spiro atoms. The van der Waals surface area contributed by atoms with Gasteiger partial charge in [0.25, 0.3) is 0 Å². The van der Waals surface area contributed by atoms with Crippen LogP contribution in [0.2, 0.25) is 0 Å². The standard InChI is InChI=1S/C16H16FNOS/c1-11(19)14-5-2-6-15(17)16(14)18(12-7-8-12)10-13-4-3-9-20-13/h2-6,9,12H,7-8,10H2,1H3. The summed E-state index contributed by atoms with van der Waals surface area (Å²) >= 11 is 1.66. The van der Waals surface area contributed by atoms with E-state index in [9.17, 15) is 9.18 Å². The molecule has 4 heteroatoms. The van der Waals surface area contributed by atoms with E-state index in [1.54, 1.807) is 23.5 Å². The van der Waals surface area contributed by atoms with Gasteiger partial charge in [-0.2, -0.15) is 0 Å². The highest BCUT2D eigenvalue weighted by atomic mass is 32.1. The van der Waals surface area contributed by atoms with Gasteiger partial charge in [-0.25, -0.2) is 4.39 Å². The van der Waals surface area contributed by atoms with Crippen molar-refractivity contribution < 1.29 is 9.18 Å². The first kappa shape index (κ1) is 13.3. The number of anilines is 1. The lowest BCUT2D eigenvalue weighted by atomic mass is 10.1. The second kappa shape index (κ2) is 5.37. The van der Waals surface area contributed by atoms with Crippen LogP contribution in [-0.2, 0) is 6.54 Å². The van der Waals surface area contributed by atoms with Gasteiger partial charge in [0, 0.05) is 16.5 Å². The molecule has 1 heterocycles. The third-order valence-electron chi connectivity index (χ3n) is 3.55. The van der Waals surface area contributed by atoms with Crippen LogP contribution in [0.15, 0.2) is 35.7 Å². The van der Waals surface area contributed by atoms with Crippen LogP contribution in [0.25, 0.3) is 0 Å². The average Bonchev–Trinajstić information content (AvgIpc) is 3.13. The second-order valence-corrected chi connectivity index (χ2v) is 6.16. The van der Waals surface area contributed by atoms with Gasteiger partial charge >= 0.3 is 0 Å². The molecule has 1 aliphatic rings. The Morgan fingerprint density at radius 2 is 2.15 bits per heavy atom. The Morgan fingerprint density at radius 1 is 1.35 bits per heavy atom. The molecule has 0 unspecified atom stereocenters. The lowest BCUT2D eigenvalue weighted by Crippen LogP contribution is -2.27. The lowest BCUT2D eigenvalue weighted by molar-refractivity contribution is 0.101. The summed E-state index contributed by atoms with van der Waals surface area (Å²) in [6.07, 6.45) is 2.13. The number of benzene rings is 1. The average molecular weight is 289 g/mol. The summed E-state index contributed by atoms with van der Waals surface area (Å²) in [5.41, 5.74) is 0.948. The predicted molar refractivity (Wildman–Crippen MR) is 79.9 cm³/mol. The molecule has 104 valence electrons. The number of thiophene rings is 1. The smallest absolute Gasteiger partial charge is 0.161 e. The van der Waals surface area contributed by atoms with E-state index in [1.807, 2.05) is 17.5 Å². The van der Waals surface area contributed by atoms with E-state index in [1.165, 1.54) is 17.9 Å². The molecule has 0 saturated heterocycles. The largest absolute Gasteiger partial charge is 0.360 e. The van der Waals surface area contributed by atoms with E-state index in [4.69, 9.17) is 0 Å². The number of carbonyl (C=O) groups is 1. The van der Waals surface area contributed by atoms with Crippen LogP contribution in [-0.4, -0.2) is 11.8 Å². The van der Waals surface area contributed by atoms with E-state index in [-0.39, 0.29) is 11.6 Å². The Hall–Kier alpha value is -1.68. The highest BCUT2D eigenvalue weighted by Crippen LogP contribution is 2.37. The minimum atomic E-state index is -0.304. The number of Topliss-reactive ketones (excluding diaryl/α,β-unsaturated/α-hetero) is 1. The van der Waals surface area contributed by atoms with Crippen LogP contribution in [0.5, 0.6) is 0 Å². The Balaban J connectivity index is 2.01. The first-order valence-corrected chi connectivity index (χ1v) is 7.63. The van der Waals surface area contributed by atoms with Gasteiger partial charge in [0.05, 0.1) is 12.2 Å². The molecule has 1 fully saturated rings. The third-order valence-corrected chi connectivity index (χ3v) is 4.41. The fraction of sp³-hybridized carbons (Fsp3) is 0.312. The van der Waals surface area contributed by atoms with Gasteiger partial charge in [-0.15, -0.1) is 11.3 Å². The van der Waals surface area contributed by atoms with Gasteiger partial charge in [-0.1, -0.05) is 12.1 Å². The van der Waals surface area contributed by atoms with Crippen LogP contribution in [0.3, 0.4) is 0 Å². The molecule has 0 aliphatic heterocycles. The number of hydrogen-bond acceptors (Lipinski definition) is 3. The molecule has 2 nitrogen and oxygen atoms in total. The van der Waals surface area contributed by atoms with Crippen molar-refractivity contribution in [3.63, 3.8) is 0 Å². The SMILES string of the molecule is CC(=O)c1cccc(F)c1N(Cc1cccs1)C1CC1. The van der Waals surface area contributed by atoms with Crippen molar-refractivity contribution in [3.05, 3.63) is 52.0 Å². The molecule has 0 N–H and O–H groups in total. The molecule has 1 aromatic carbocycles. The molecular weight excluding hydrogens is 273 g/mol. The normalized spacial score (nSPS) is 14.3. The molecule has 1 aliphatic carbocycles. The summed E-state index contributed by atoms with van der Waals surface area (Å²) < 4.78 is 14.3. The Bertz CT molecular complexity index is 619. The molecule has 2 aromatic rings. The number of hydrogen-bond donors (Lipinski definition) is 0. The molecule has 0 atom stereocenters. The Morgan fingerprint density at radius 3 is 2.75 bits per heavy atom. The zero-order valence-electron chi connectivity index (χ0n) is 11.3. The van der Waals surface area contributed by atoms with Crippen molar-refractivity contribution in [2.75, 3.05) is 4.90 Å². The van der Waals surface area contributed by atoms with Gasteiger partial charge in [-0.3, -0.25) is 4.79 Å². The summed E-state index contributed by atoms with van der Waals surface area (Å²) in [6.45, 7) is 2.16. The number of nitrogens with zero attached hydrogens (tertiary/aromatic N) is 1. The molecule has 0 amide bonds. The van der Waals surface area contributed by atoms with E-state index in [2.05, 4.69) is 4.90 Å². The van der Waals surface area contributed by atoms with E-state index in [0.29, 0.717) is 23.8 Å². The van der Waals surface area contributed by atoms with Crippen LogP contribution in [0.4, 0.5) is 10.1 Å². The summed E-state index contributed by atoms with van der Waals surface area (Å²) in [7, 11) is 0. The zero-order chi connectivity index (χ0) is 14.1. The highest BCUT2D eigenvalue weighted by Gasteiger charge is 2.32. The molecule has 0 radical (unpaired) electrons. The minimum absolute atomic E-state index is 0.0867. The molecule has 1 saturated carbocycles. The highest BCUT2D eigenvalue weighted by molar-refractivity contribution is 7.09. The fourth-order valence-corrected chi connectivity index (χ4v) is 3.14. The van der Waals surface area contributed by atoms with E-state index in [0.717, 1.165) is 12.8 Å². The number of rotatable bonds is 5. The summed E-state index contributed by atoms with van der Waals surface area (Å²) in [5.74, 6) is -0.391.